The monoisotopic (exact) mass is 345 g/mol. The van der Waals surface area contributed by atoms with Crippen LogP contribution >= 0.6 is 0 Å². The fourth-order valence-electron chi connectivity index (χ4n) is 3.19. The van der Waals surface area contributed by atoms with E-state index in [1.165, 1.54) is 6.42 Å². The summed E-state index contributed by atoms with van der Waals surface area (Å²) in [4.78, 5) is 23.9. The molecule has 0 aromatic heterocycles. The van der Waals surface area contributed by atoms with Crippen molar-refractivity contribution in [3.63, 3.8) is 0 Å². The first-order valence-electron chi connectivity index (χ1n) is 8.76. The van der Waals surface area contributed by atoms with Gasteiger partial charge in [-0.1, -0.05) is 25.5 Å². The van der Waals surface area contributed by atoms with E-state index in [4.69, 9.17) is 18.9 Å². The highest BCUT2D eigenvalue weighted by atomic mass is 16.8. The number of fused-ring (bicyclic) bond motifs is 1. The van der Waals surface area contributed by atoms with E-state index in [2.05, 4.69) is 0 Å². The summed E-state index contributed by atoms with van der Waals surface area (Å²) in [5, 5.41) is 0. The molecule has 3 rings (SSSR count). The van der Waals surface area contributed by atoms with Crippen LogP contribution in [0.4, 0.5) is 4.79 Å². The molecule has 0 spiro atoms. The number of rotatable bonds is 4. The molecule has 1 saturated carbocycles. The van der Waals surface area contributed by atoms with E-state index < -0.39 is 18.9 Å². The summed E-state index contributed by atoms with van der Waals surface area (Å²) < 4.78 is 20.6. The van der Waals surface area contributed by atoms with Gasteiger partial charge in [-0.25, -0.2) is 9.59 Å². The van der Waals surface area contributed by atoms with Crippen molar-refractivity contribution in [1.82, 2.24) is 0 Å². The Morgan fingerprint density at radius 1 is 1.20 bits per heavy atom. The molecule has 0 saturated heterocycles. The molecule has 0 N–H and O–H groups in total. The zero-order chi connectivity index (χ0) is 17.6. The maximum Gasteiger partial charge on any atom is 0.511 e. The second-order valence-electron chi connectivity index (χ2n) is 6.55. The predicted molar refractivity (Wildman–Crippen MR) is 90.7 cm³/mol. The molecular formula is C18H22BO6. The van der Waals surface area contributed by atoms with Gasteiger partial charge in [0, 0.05) is 0 Å². The average Bonchev–Trinajstić information content (AvgIpc) is 2.61. The standard InChI is InChI=1S/C18H22BO6/c1-12-10-13-6-5-9-15(16(13)25-19-12)17(20)22-11-23-18(21)24-14-7-3-2-4-8-14/h5-6,9,12,14H,2-4,7-8,10-11H2,1H3. The number of hydrogen-bond donors (Lipinski definition) is 0. The van der Waals surface area contributed by atoms with Gasteiger partial charge < -0.3 is 18.9 Å². The Hall–Kier alpha value is -2.18. The quantitative estimate of drug-likeness (QED) is 0.471. The van der Waals surface area contributed by atoms with E-state index >= 15 is 0 Å². The van der Waals surface area contributed by atoms with E-state index in [9.17, 15) is 9.59 Å². The molecule has 1 aliphatic carbocycles. The molecule has 1 aromatic rings. The van der Waals surface area contributed by atoms with Crippen LogP contribution in [0.3, 0.4) is 0 Å². The highest BCUT2D eigenvalue weighted by molar-refractivity contribution is 6.31. The van der Waals surface area contributed by atoms with Crippen LogP contribution in [0.25, 0.3) is 0 Å². The lowest BCUT2D eigenvalue weighted by Crippen LogP contribution is -2.23. The first-order valence-corrected chi connectivity index (χ1v) is 8.76. The lowest BCUT2D eigenvalue weighted by molar-refractivity contribution is -0.0430. The van der Waals surface area contributed by atoms with Crippen LogP contribution in [0.15, 0.2) is 18.2 Å². The van der Waals surface area contributed by atoms with Crippen molar-refractivity contribution >= 4 is 19.6 Å². The van der Waals surface area contributed by atoms with Crippen LogP contribution in [0.2, 0.25) is 5.82 Å². The van der Waals surface area contributed by atoms with Gasteiger partial charge in [-0.15, -0.1) is 0 Å². The second-order valence-corrected chi connectivity index (χ2v) is 6.55. The van der Waals surface area contributed by atoms with Crippen molar-refractivity contribution in [1.29, 1.82) is 0 Å². The van der Waals surface area contributed by atoms with Gasteiger partial charge in [-0.3, -0.25) is 0 Å². The maximum atomic E-state index is 12.2. The summed E-state index contributed by atoms with van der Waals surface area (Å²) in [7, 11) is 1.71. The molecule has 1 radical (unpaired) electrons. The molecule has 1 fully saturated rings. The van der Waals surface area contributed by atoms with Crippen molar-refractivity contribution < 1.29 is 28.5 Å². The third kappa shape index (κ3) is 4.68. The molecule has 1 heterocycles. The average molecular weight is 345 g/mol. The van der Waals surface area contributed by atoms with Gasteiger partial charge in [-0.2, -0.15) is 0 Å². The van der Waals surface area contributed by atoms with Gasteiger partial charge in [0.05, 0.1) is 0 Å². The number of benzene rings is 1. The number of carbonyl (C=O) groups excluding carboxylic acids is 2. The lowest BCUT2D eigenvalue weighted by Gasteiger charge is -2.23. The highest BCUT2D eigenvalue weighted by Crippen LogP contribution is 2.32. The minimum absolute atomic E-state index is 0.0935. The van der Waals surface area contributed by atoms with Crippen LogP contribution < -0.4 is 4.65 Å². The summed E-state index contributed by atoms with van der Waals surface area (Å²) in [5.74, 6) is 0.206. The second kappa shape index (κ2) is 8.27. The normalized spacial score (nSPS) is 19.8. The minimum Gasteiger partial charge on any atom is -0.562 e. The van der Waals surface area contributed by atoms with Crippen LogP contribution in [0.1, 0.15) is 54.9 Å². The Bertz CT molecular complexity index is 626. The predicted octanol–water partition coefficient (Wildman–Crippen LogP) is 3.65. The first-order chi connectivity index (χ1) is 12.1. The van der Waals surface area contributed by atoms with Gasteiger partial charge in [0.1, 0.15) is 17.4 Å². The number of para-hydroxylation sites is 1. The molecule has 0 bridgehead atoms. The Kier molecular flexibility index (Phi) is 5.84. The molecule has 1 unspecified atom stereocenters. The number of hydrogen-bond acceptors (Lipinski definition) is 6. The lowest BCUT2D eigenvalue weighted by atomic mass is 9.74. The van der Waals surface area contributed by atoms with Crippen LogP contribution in [0.5, 0.6) is 5.75 Å². The van der Waals surface area contributed by atoms with E-state index in [1.807, 2.05) is 13.0 Å². The molecule has 1 atom stereocenters. The molecule has 25 heavy (non-hydrogen) atoms. The largest absolute Gasteiger partial charge is 0.562 e. The zero-order valence-electron chi connectivity index (χ0n) is 14.4. The molecule has 1 aliphatic heterocycles. The third-order valence-electron chi connectivity index (χ3n) is 4.46. The fraction of sp³-hybridized carbons (Fsp3) is 0.556. The Morgan fingerprint density at radius 2 is 2.00 bits per heavy atom. The van der Waals surface area contributed by atoms with Crippen LogP contribution in [-0.2, 0) is 20.6 Å². The van der Waals surface area contributed by atoms with Crippen molar-refractivity contribution in [3.05, 3.63) is 29.3 Å². The molecule has 0 amide bonds. The summed E-state index contributed by atoms with van der Waals surface area (Å²) >= 11 is 0. The van der Waals surface area contributed by atoms with Crippen LogP contribution in [-0.4, -0.2) is 32.5 Å². The van der Waals surface area contributed by atoms with Gasteiger partial charge in [0.15, 0.2) is 0 Å². The van der Waals surface area contributed by atoms with E-state index in [0.717, 1.165) is 37.7 Å². The van der Waals surface area contributed by atoms with Gasteiger partial charge >= 0.3 is 19.6 Å². The number of carbonyl (C=O) groups is 2. The van der Waals surface area contributed by atoms with Crippen molar-refractivity contribution in [2.75, 3.05) is 6.79 Å². The number of ether oxygens (including phenoxy) is 3. The Morgan fingerprint density at radius 3 is 2.80 bits per heavy atom. The van der Waals surface area contributed by atoms with Gasteiger partial charge in [0.25, 0.3) is 0 Å². The summed E-state index contributed by atoms with van der Waals surface area (Å²) in [5.41, 5.74) is 1.28. The first kappa shape index (κ1) is 17.6. The molecule has 133 valence electrons. The van der Waals surface area contributed by atoms with Crippen molar-refractivity contribution in [2.45, 2.75) is 57.4 Å². The molecule has 1 aromatic carbocycles. The van der Waals surface area contributed by atoms with Gasteiger partial charge in [0.2, 0.25) is 6.79 Å². The highest BCUT2D eigenvalue weighted by Gasteiger charge is 2.25. The molecule has 7 heteroatoms. The third-order valence-corrected chi connectivity index (χ3v) is 4.46. The summed E-state index contributed by atoms with van der Waals surface area (Å²) in [6.07, 6.45) is 4.92. The Labute approximate surface area is 148 Å². The SMILES string of the molecule is CC1[B]Oc2c(cccc2C(=O)OCOC(=O)OC2CCCCC2)C1. The Balaban J connectivity index is 1.48. The molecule has 2 aliphatic rings. The topological polar surface area (TPSA) is 71.1 Å². The maximum absolute atomic E-state index is 12.2. The summed E-state index contributed by atoms with van der Waals surface area (Å²) in [6.45, 7) is 1.56. The smallest absolute Gasteiger partial charge is 0.511 e. The molecular weight excluding hydrogens is 323 g/mol. The van der Waals surface area contributed by atoms with Gasteiger partial charge in [-0.05, 0) is 49.6 Å². The van der Waals surface area contributed by atoms with Crippen LogP contribution in [0, 0.1) is 0 Å². The number of esters is 1. The summed E-state index contributed by atoms with van der Waals surface area (Å²) in [6, 6.07) is 5.34. The van der Waals surface area contributed by atoms with E-state index in [-0.39, 0.29) is 11.9 Å². The van der Waals surface area contributed by atoms with E-state index in [1.54, 1.807) is 19.6 Å². The minimum atomic E-state index is -0.798. The zero-order valence-corrected chi connectivity index (χ0v) is 14.4. The van der Waals surface area contributed by atoms with E-state index in [0.29, 0.717) is 11.3 Å². The fourth-order valence-corrected chi connectivity index (χ4v) is 3.19. The molecule has 6 nitrogen and oxygen atoms in total. The van der Waals surface area contributed by atoms with Crippen molar-refractivity contribution in [3.8, 4) is 5.75 Å². The van der Waals surface area contributed by atoms with Crippen molar-refractivity contribution in [2.24, 2.45) is 0 Å².